The lowest BCUT2D eigenvalue weighted by atomic mass is 10.0. The van der Waals surface area contributed by atoms with Crippen LogP contribution in [0.3, 0.4) is 0 Å². The lowest BCUT2D eigenvalue weighted by molar-refractivity contribution is -0.121. The topological polar surface area (TPSA) is 64.0 Å². The molecule has 3 aromatic rings. The van der Waals surface area contributed by atoms with Crippen molar-refractivity contribution in [3.8, 4) is 0 Å². The number of carbonyl (C=O) groups excluding carboxylic acids is 2. The van der Waals surface area contributed by atoms with Gasteiger partial charge in [-0.3, -0.25) is 14.3 Å². The Morgan fingerprint density at radius 1 is 1.19 bits per heavy atom. The molecule has 0 bridgehead atoms. The maximum absolute atomic E-state index is 12.6. The van der Waals surface area contributed by atoms with Crippen molar-refractivity contribution in [2.24, 2.45) is 13.0 Å². The molecule has 0 saturated carbocycles. The molecule has 3 rings (SSSR count). The van der Waals surface area contributed by atoms with Gasteiger partial charge in [-0.1, -0.05) is 49.7 Å². The van der Waals surface area contributed by atoms with Crippen LogP contribution in [0.25, 0.3) is 10.9 Å². The zero-order valence-electron chi connectivity index (χ0n) is 14.9. The second kappa shape index (κ2) is 7.30. The van der Waals surface area contributed by atoms with Crippen LogP contribution < -0.4 is 5.32 Å². The fourth-order valence-electron chi connectivity index (χ4n) is 2.74. The zero-order chi connectivity index (χ0) is 18.8. The maximum Gasteiger partial charge on any atom is 0.276 e. The smallest absolute Gasteiger partial charge is 0.276 e. The molecule has 5 nitrogen and oxygen atoms in total. The number of Topliss-reactive ketones (excluding diaryl/α,β-unsaturated/α-hetero) is 1. The highest BCUT2D eigenvalue weighted by atomic mass is 35.5. The quantitative estimate of drug-likeness (QED) is 0.731. The van der Waals surface area contributed by atoms with Gasteiger partial charge in [0, 0.05) is 24.8 Å². The minimum absolute atomic E-state index is 0.0226. The van der Waals surface area contributed by atoms with Crippen molar-refractivity contribution in [2.75, 3.05) is 5.32 Å². The number of benzene rings is 2. The minimum Gasteiger partial charge on any atom is -0.319 e. The number of para-hydroxylation sites is 1. The van der Waals surface area contributed by atoms with Crippen LogP contribution in [0, 0.1) is 5.92 Å². The predicted octanol–water partition coefficient (Wildman–Crippen LogP) is 4.25. The summed E-state index contributed by atoms with van der Waals surface area (Å²) >= 11 is 6.30. The molecule has 0 atom stereocenters. The Balaban J connectivity index is 1.82. The second-order valence-corrected chi connectivity index (χ2v) is 6.96. The van der Waals surface area contributed by atoms with Crippen LogP contribution in [0.1, 0.15) is 29.9 Å². The molecule has 134 valence electrons. The number of amides is 1. The molecule has 0 aliphatic carbocycles. The van der Waals surface area contributed by atoms with Gasteiger partial charge in [-0.15, -0.1) is 0 Å². The van der Waals surface area contributed by atoms with Gasteiger partial charge in [0.15, 0.2) is 5.69 Å². The number of hydrogen-bond acceptors (Lipinski definition) is 3. The van der Waals surface area contributed by atoms with E-state index in [1.807, 2.05) is 38.1 Å². The van der Waals surface area contributed by atoms with E-state index in [0.717, 1.165) is 16.5 Å². The first-order valence-corrected chi connectivity index (χ1v) is 8.79. The van der Waals surface area contributed by atoms with Gasteiger partial charge in [-0.05, 0) is 23.8 Å². The average molecular weight is 370 g/mol. The standard InChI is InChI=1S/C20H20ClN3O2/c1-12(2)18(25)11-13-8-9-16(15(21)10-13)22-20(26)19-14-6-4-5-7-17(14)24(3)23-19/h4-10,12H,11H2,1-3H3,(H,22,26). The summed E-state index contributed by atoms with van der Waals surface area (Å²) < 4.78 is 1.67. The van der Waals surface area contributed by atoms with Crippen molar-refractivity contribution < 1.29 is 9.59 Å². The van der Waals surface area contributed by atoms with E-state index in [9.17, 15) is 9.59 Å². The Morgan fingerprint density at radius 3 is 2.62 bits per heavy atom. The molecule has 1 amide bonds. The second-order valence-electron chi connectivity index (χ2n) is 6.56. The third-order valence-electron chi connectivity index (χ3n) is 4.28. The van der Waals surface area contributed by atoms with Crippen LogP contribution >= 0.6 is 11.6 Å². The van der Waals surface area contributed by atoms with E-state index in [2.05, 4.69) is 10.4 Å². The molecule has 0 saturated heterocycles. The Kier molecular flexibility index (Phi) is 5.09. The van der Waals surface area contributed by atoms with Crippen molar-refractivity contribution in [1.29, 1.82) is 0 Å². The number of nitrogens with zero attached hydrogens (tertiary/aromatic N) is 2. The summed E-state index contributed by atoms with van der Waals surface area (Å²) in [5, 5.41) is 8.29. The monoisotopic (exact) mass is 369 g/mol. The summed E-state index contributed by atoms with van der Waals surface area (Å²) in [4.78, 5) is 24.5. The van der Waals surface area contributed by atoms with Crippen LogP contribution in [0.2, 0.25) is 5.02 Å². The van der Waals surface area contributed by atoms with Crippen LogP contribution in [-0.2, 0) is 18.3 Å². The molecule has 0 radical (unpaired) electrons. The number of hydrogen-bond donors (Lipinski definition) is 1. The van der Waals surface area contributed by atoms with Gasteiger partial charge in [-0.25, -0.2) is 0 Å². The Hall–Kier alpha value is -2.66. The van der Waals surface area contributed by atoms with Crippen molar-refractivity contribution in [3.05, 3.63) is 58.7 Å². The molecular formula is C20H20ClN3O2. The summed E-state index contributed by atoms with van der Waals surface area (Å²) in [6.07, 6.45) is 0.330. The molecule has 0 unspecified atom stereocenters. The molecule has 26 heavy (non-hydrogen) atoms. The molecule has 1 N–H and O–H groups in total. The lowest BCUT2D eigenvalue weighted by Gasteiger charge is -2.09. The van der Waals surface area contributed by atoms with Crippen molar-refractivity contribution in [2.45, 2.75) is 20.3 Å². The summed E-state index contributed by atoms with van der Waals surface area (Å²) in [5.41, 5.74) is 2.55. The first kappa shape index (κ1) is 18.1. The van der Waals surface area contributed by atoms with Crippen LogP contribution in [0.4, 0.5) is 5.69 Å². The average Bonchev–Trinajstić information content (AvgIpc) is 2.94. The van der Waals surface area contributed by atoms with E-state index in [1.165, 1.54) is 0 Å². The number of anilines is 1. The highest BCUT2D eigenvalue weighted by Gasteiger charge is 2.17. The third kappa shape index (κ3) is 3.63. The highest BCUT2D eigenvalue weighted by molar-refractivity contribution is 6.34. The number of ketones is 1. The van der Waals surface area contributed by atoms with E-state index in [1.54, 1.807) is 29.9 Å². The molecule has 0 aliphatic rings. The highest BCUT2D eigenvalue weighted by Crippen LogP contribution is 2.25. The third-order valence-corrected chi connectivity index (χ3v) is 4.59. The van der Waals surface area contributed by atoms with Gasteiger partial charge in [-0.2, -0.15) is 5.10 Å². The molecule has 1 heterocycles. The first-order valence-electron chi connectivity index (χ1n) is 8.41. The first-order chi connectivity index (χ1) is 12.4. The molecule has 2 aromatic carbocycles. The molecule has 0 fully saturated rings. The van der Waals surface area contributed by atoms with Crippen molar-refractivity contribution >= 4 is 39.9 Å². The zero-order valence-corrected chi connectivity index (χ0v) is 15.7. The van der Waals surface area contributed by atoms with Gasteiger partial charge < -0.3 is 5.32 Å². The van der Waals surface area contributed by atoms with Gasteiger partial charge in [0.1, 0.15) is 5.78 Å². The number of fused-ring (bicyclic) bond motifs is 1. The lowest BCUT2D eigenvalue weighted by Crippen LogP contribution is -2.14. The maximum atomic E-state index is 12.6. The van der Waals surface area contributed by atoms with Crippen LogP contribution in [0.5, 0.6) is 0 Å². The van der Waals surface area contributed by atoms with Crippen LogP contribution in [-0.4, -0.2) is 21.5 Å². The van der Waals surface area contributed by atoms with Gasteiger partial charge in [0.05, 0.1) is 16.2 Å². The normalized spacial score (nSPS) is 11.1. The van der Waals surface area contributed by atoms with E-state index < -0.39 is 0 Å². The summed E-state index contributed by atoms with van der Waals surface area (Å²) in [5.74, 6) is -0.196. The summed E-state index contributed by atoms with van der Waals surface area (Å²) in [7, 11) is 1.80. The number of aryl methyl sites for hydroxylation is 1. The number of aromatic nitrogens is 2. The number of nitrogens with one attached hydrogen (secondary N) is 1. The Bertz CT molecular complexity index is 992. The SMILES string of the molecule is CC(C)C(=O)Cc1ccc(NC(=O)c2nn(C)c3ccccc23)c(Cl)c1. The van der Waals surface area contributed by atoms with E-state index in [4.69, 9.17) is 11.6 Å². The Labute approximate surface area is 157 Å². The molecule has 6 heteroatoms. The van der Waals surface area contributed by atoms with E-state index in [0.29, 0.717) is 22.8 Å². The largest absolute Gasteiger partial charge is 0.319 e. The van der Waals surface area contributed by atoms with Crippen molar-refractivity contribution in [1.82, 2.24) is 9.78 Å². The van der Waals surface area contributed by atoms with Gasteiger partial charge in [0.2, 0.25) is 0 Å². The number of rotatable bonds is 5. The molecular weight excluding hydrogens is 350 g/mol. The predicted molar refractivity (Wildman–Crippen MR) is 104 cm³/mol. The molecule has 0 aliphatic heterocycles. The van der Waals surface area contributed by atoms with Crippen molar-refractivity contribution in [3.63, 3.8) is 0 Å². The Morgan fingerprint density at radius 2 is 1.92 bits per heavy atom. The minimum atomic E-state index is -0.324. The summed E-state index contributed by atoms with van der Waals surface area (Å²) in [6, 6.07) is 12.8. The number of carbonyl (C=O) groups is 2. The summed E-state index contributed by atoms with van der Waals surface area (Å²) in [6.45, 7) is 3.74. The molecule has 1 aromatic heterocycles. The van der Waals surface area contributed by atoms with E-state index in [-0.39, 0.29) is 17.6 Å². The fourth-order valence-corrected chi connectivity index (χ4v) is 2.99. The fraction of sp³-hybridized carbons (Fsp3) is 0.250. The van der Waals surface area contributed by atoms with Crippen LogP contribution in [0.15, 0.2) is 42.5 Å². The molecule has 0 spiro atoms. The van der Waals surface area contributed by atoms with Gasteiger partial charge in [0.25, 0.3) is 5.91 Å². The van der Waals surface area contributed by atoms with E-state index >= 15 is 0 Å². The van der Waals surface area contributed by atoms with Gasteiger partial charge >= 0.3 is 0 Å². The number of halogens is 1.